The van der Waals surface area contributed by atoms with Gasteiger partial charge in [0.2, 0.25) is 0 Å². The second-order valence-electron chi connectivity index (χ2n) is 6.48. The Kier molecular flexibility index (Phi) is 5.30. The zero-order valence-corrected chi connectivity index (χ0v) is 15.8. The molecule has 27 heavy (non-hydrogen) atoms. The van der Waals surface area contributed by atoms with E-state index >= 15 is 0 Å². The Bertz CT molecular complexity index is 1050. The molecule has 1 amide bonds. The van der Waals surface area contributed by atoms with Crippen LogP contribution in [-0.4, -0.2) is 17.7 Å². The zero-order chi connectivity index (χ0) is 19.6. The van der Waals surface area contributed by atoms with Crippen molar-refractivity contribution in [1.82, 2.24) is 10.5 Å². The van der Waals surface area contributed by atoms with Gasteiger partial charge in [-0.3, -0.25) is 4.79 Å². The van der Waals surface area contributed by atoms with Gasteiger partial charge in [-0.15, -0.1) is 0 Å². The maximum atomic E-state index is 12.1. The lowest BCUT2D eigenvalue weighted by atomic mass is 10.0. The van der Waals surface area contributed by atoms with Crippen molar-refractivity contribution in [3.8, 4) is 5.75 Å². The van der Waals surface area contributed by atoms with Crippen LogP contribution in [0.2, 0.25) is 0 Å². The molecule has 2 aromatic heterocycles. The molecule has 0 radical (unpaired) electrons. The van der Waals surface area contributed by atoms with Gasteiger partial charge in [0, 0.05) is 11.6 Å². The molecule has 0 atom stereocenters. The number of amides is 1. The van der Waals surface area contributed by atoms with E-state index in [1.165, 1.54) is 0 Å². The molecule has 0 spiro atoms. The number of aryl methyl sites for hydroxylation is 3. The second kappa shape index (κ2) is 7.65. The van der Waals surface area contributed by atoms with Crippen molar-refractivity contribution in [2.45, 2.75) is 40.7 Å². The molecular formula is C20H22N2O5. The number of nitrogens with one attached hydrogen (secondary N) is 1. The van der Waals surface area contributed by atoms with Crippen LogP contribution >= 0.6 is 0 Å². The third-order valence-corrected chi connectivity index (χ3v) is 4.45. The third-order valence-electron chi connectivity index (χ3n) is 4.45. The summed E-state index contributed by atoms with van der Waals surface area (Å²) in [6.45, 7) is 7.48. The second-order valence-corrected chi connectivity index (χ2v) is 6.48. The zero-order valence-electron chi connectivity index (χ0n) is 15.8. The average molecular weight is 370 g/mol. The Balaban J connectivity index is 1.73. The maximum Gasteiger partial charge on any atom is 0.339 e. The first-order valence-corrected chi connectivity index (χ1v) is 8.77. The fraction of sp³-hybridized carbons (Fsp3) is 0.350. The van der Waals surface area contributed by atoms with E-state index in [0.717, 1.165) is 23.2 Å². The number of fused-ring (bicyclic) bond motifs is 1. The van der Waals surface area contributed by atoms with E-state index in [4.69, 9.17) is 13.7 Å². The number of nitrogens with zero attached hydrogens (tertiary/aromatic N) is 1. The molecular weight excluding hydrogens is 348 g/mol. The van der Waals surface area contributed by atoms with Crippen LogP contribution in [0.15, 0.2) is 31.9 Å². The maximum absolute atomic E-state index is 12.1. The Morgan fingerprint density at radius 1 is 1.19 bits per heavy atom. The summed E-state index contributed by atoms with van der Waals surface area (Å²) in [5.41, 5.74) is 3.11. The van der Waals surface area contributed by atoms with E-state index < -0.39 is 0 Å². The van der Waals surface area contributed by atoms with Crippen molar-refractivity contribution in [3.05, 3.63) is 56.8 Å². The van der Waals surface area contributed by atoms with Crippen molar-refractivity contribution in [2.75, 3.05) is 6.61 Å². The molecule has 142 valence electrons. The van der Waals surface area contributed by atoms with E-state index in [-0.39, 0.29) is 24.7 Å². The molecule has 2 heterocycles. The molecule has 0 bridgehead atoms. The number of hydrogen-bond acceptors (Lipinski definition) is 6. The number of ether oxygens (including phenoxy) is 1. The largest absolute Gasteiger partial charge is 0.483 e. The van der Waals surface area contributed by atoms with Crippen LogP contribution in [0.4, 0.5) is 0 Å². The van der Waals surface area contributed by atoms with Crippen molar-refractivity contribution in [1.29, 1.82) is 0 Å². The van der Waals surface area contributed by atoms with Crippen molar-refractivity contribution >= 4 is 16.9 Å². The molecule has 0 saturated carbocycles. The van der Waals surface area contributed by atoms with Gasteiger partial charge in [-0.1, -0.05) is 12.1 Å². The van der Waals surface area contributed by atoms with E-state index in [9.17, 15) is 9.59 Å². The van der Waals surface area contributed by atoms with Crippen molar-refractivity contribution in [3.63, 3.8) is 0 Å². The molecule has 3 aromatic rings. The number of carbonyl (C=O) groups is 1. The summed E-state index contributed by atoms with van der Waals surface area (Å²) in [5.74, 6) is 0.817. The van der Waals surface area contributed by atoms with Gasteiger partial charge in [-0.25, -0.2) is 4.79 Å². The summed E-state index contributed by atoms with van der Waals surface area (Å²) in [7, 11) is 0. The molecule has 3 rings (SSSR count). The highest BCUT2D eigenvalue weighted by molar-refractivity contribution is 5.88. The highest BCUT2D eigenvalue weighted by Gasteiger charge is 2.15. The Morgan fingerprint density at radius 2 is 1.96 bits per heavy atom. The van der Waals surface area contributed by atoms with Gasteiger partial charge in [0.25, 0.3) is 5.91 Å². The van der Waals surface area contributed by atoms with Crippen LogP contribution in [0.25, 0.3) is 11.0 Å². The van der Waals surface area contributed by atoms with Gasteiger partial charge in [-0.05, 0) is 50.5 Å². The minimum Gasteiger partial charge on any atom is -0.483 e. The SMILES string of the molecule is CCc1cc(CNC(=O)COc2cc(C)cc3oc(=O)c(C)c(C)c23)on1. The van der Waals surface area contributed by atoms with Gasteiger partial charge in [0.05, 0.1) is 17.6 Å². The summed E-state index contributed by atoms with van der Waals surface area (Å²) in [5, 5.41) is 7.32. The number of aromatic nitrogens is 1. The lowest BCUT2D eigenvalue weighted by molar-refractivity contribution is -0.123. The van der Waals surface area contributed by atoms with E-state index in [1.54, 1.807) is 13.0 Å². The molecule has 1 aromatic carbocycles. The first-order valence-electron chi connectivity index (χ1n) is 8.77. The van der Waals surface area contributed by atoms with Crippen molar-refractivity contribution in [2.24, 2.45) is 0 Å². The molecule has 7 nitrogen and oxygen atoms in total. The van der Waals surface area contributed by atoms with E-state index in [1.807, 2.05) is 32.9 Å². The molecule has 0 aliphatic carbocycles. The van der Waals surface area contributed by atoms with Gasteiger partial charge in [0.1, 0.15) is 11.3 Å². The van der Waals surface area contributed by atoms with Crippen LogP contribution < -0.4 is 15.7 Å². The Morgan fingerprint density at radius 3 is 2.67 bits per heavy atom. The summed E-state index contributed by atoms with van der Waals surface area (Å²) in [6, 6.07) is 5.42. The van der Waals surface area contributed by atoms with Crippen LogP contribution in [0.1, 0.15) is 35.1 Å². The number of rotatable bonds is 6. The van der Waals surface area contributed by atoms with Crippen molar-refractivity contribution < 1.29 is 18.5 Å². The standard InChI is InChI=1S/C20H22N2O5/c1-5-14-8-15(27-22-14)9-21-18(23)10-25-16-6-11(2)7-17-19(16)12(3)13(4)20(24)26-17/h6-8H,5,9-10H2,1-4H3,(H,21,23). The molecule has 0 aliphatic rings. The molecule has 0 aliphatic heterocycles. The van der Waals surface area contributed by atoms with Crippen LogP contribution in [-0.2, 0) is 17.8 Å². The fourth-order valence-corrected chi connectivity index (χ4v) is 2.79. The summed E-state index contributed by atoms with van der Waals surface area (Å²) < 4.78 is 16.2. The minimum absolute atomic E-state index is 0.162. The summed E-state index contributed by atoms with van der Waals surface area (Å²) >= 11 is 0. The monoisotopic (exact) mass is 370 g/mol. The highest BCUT2D eigenvalue weighted by atomic mass is 16.5. The summed E-state index contributed by atoms with van der Waals surface area (Å²) in [4.78, 5) is 24.0. The number of benzene rings is 1. The predicted molar refractivity (Wildman–Crippen MR) is 99.9 cm³/mol. The topological polar surface area (TPSA) is 94.6 Å². The number of hydrogen-bond donors (Lipinski definition) is 1. The smallest absolute Gasteiger partial charge is 0.339 e. The molecule has 7 heteroatoms. The van der Waals surface area contributed by atoms with Crippen LogP contribution in [0, 0.1) is 20.8 Å². The molecule has 0 fully saturated rings. The molecule has 0 unspecified atom stereocenters. The Hall–Kier alpha value is -3.09. The Labute approximate surface area is 156 Å². The third kappa shape index (κ3) is 4.02. The van der Waals surface area contributed by atoms with Gasteiger partial charge < -0.3 is 19.0 Å². The lowest BCUT2D eigenvalue weighted by Crippen LogP contribution is -2.28. The quantitative estimate of drug-likeness (QED) is 0.671. The minimum atomic E-state index is -0.368. The summed E-state index contributed by atoms with van der Waals surface area (Å²) in [6.07, 6.45) is 0.774. The first kappa shape index (κ1) is 18.7. The van der Waals surface area contributed by atoms with Gasteiger partial charge in [-0.2, -0.15) is 0 Å². The highest BCUT2D eigenvalue weighted by Crippen LogP contribution is 2.30. The first-order chi connectivity index (χ1) is 12.9. The fourth-order valence-electron chi connectivity index (χ4n) is 2.79. The van der Waals surface area contributed by atoms with E-state index in [2.05, 4.69) is 10.5 Å². The average Bonchev–Trinajstić information content (AvgIpc) is 3.10. The predicted octanol–water partition coefficient (Wildman–Crippen LogP) is 2.96. The van der Waals surface area contributed by atoms with Gasteiger partial charge in [0.15, 0.2) is 12.4 Å². The van der Waals surface area contributed by atoms with Crippen LogP contribution in [0.5, 0.6) is 5.75 Å². The van der Waals surface area contributed by atoms with E-state index in [0.29, 0.717) is 28.0 Å². The van der Waals surface area contributed by atoms with Crippen LogP contribution in [0.3, 0.4) is 0 Å². The normalized spacial score (nSPS) is 11.0. The number of carbonyl (C=O) groups excluding carboxylic acids is 1. The lowest BCUT2D eigenvalue weighted by Gasteiger charge is -2.12. The molecule has 0 saturated heterocycles. The molecule has 1 N–H and O–H groups in total. The van der Waals surface area contributed by atoms with Gasteiger partial charge >= 0.3 is 5.63 Å².